The average molecular weight is 291 g/mol. The topological polar surface area (TPSA) is 57.6 Å². The second-order valence-electron chi connectivity index (χ2n) is 5.38. The molecule has 5 heteroatoms. The standard InChI is InChI=1S/C15H17NO3S/c17-13-10-20-15(8-2-1-3-9-15)16(13)12-6-4-11(5-7-12)14(18)19/h4-7H,1-3,8-10H2,(H,18,19). The van der Waals surface area contributed by atoms with Crippen LogP contribution in [0.2, 0.25) is 0 Å². The lowest BCUT2D eigenvalue weighted by atomic mass is 9.93. The Labute approximate surface area is 122 Å². The highest BCUT2D eigenvalue weighted by Gasteiger charge is 2.47. The van der Waals surface area contributed by atoms with Crippen LogP contribution in [0.15, 0.2) is 24.3 Å². The van der Waals surface area contributed by atoms with Crippen LogP contribution in [0.1, 0.15) is 42.5 Å². The van der Waals surface area contributed by atoms with Gasteiger partial charge in [0.2, 0.25) is 5.91 Å². The third-order valence-corrected chi connectivity index (χ3v) is 5.65. The molecule has 0 aromatic heterocycles. The Bertz CT molecular complexity index is 535. The molecule has 1 aliphatic heterocycles. The molecule has 0 bridgehead atoms. The molecule has 20 heavy (non-hydrogen) atoms. The molecule has 2 aliphatic rings. The van der Waals surface area contributed by atoms with Crippen LogP contribution in [-0.4, -0.2) is 27.6 Å². The van der Waals surface area contributed by atoms with E-state index in [4.69, 9.17) is 5.11 Å². The number of carboxylic acids is 1. The number of rotatable bonds is 2. The van der Waals surface area contributed by atoms with Gasteiger partial charge in [0.05, 0.1) is 16.2 Å². The van der Waals surface area contributed by atoms with Crippen LogP contribution >= 0.6 is 11.8 Å². The fourth-order valence-corrected chi connectivity index (χ4v) is 4.59. The molecule has 1 saturated carbocycles. The molecule has 0 unspecified atom stereocenters. The third-order valence-electron chi connectivity index (χ3n) is 4.13. The van der Waals surface area contributed by atoms with Gasteiger partial charge in [-0.15, -0.1) is 11.8 Å². The summed E-state index contributed by atoms with van der Waals surface area (Å²) in [6.07, 6.45) is 5.62. The zero-order valence-corrected chi connectivity index (χ0v) is 12.0. The number of carbonyl (C=O) groups is 2. The van der Waals surface area contributed by atoms with Crippen LogP contribution in [0.3, 0.4) is 0 Å². The van der Waals surface area contributed by atoms with E-state index in [0.717, 1.165) is 31.4 Å². The first-order valence-electron chi connectivity index (χ1n) is 6.93. The van der Waals surface area contributed by atoms with Crippen molar-refractivity contribution < 1.29 is 14.7 Å². The molecule has 1 aromatic carbocycles. The number of nitrogens with zero attached hydrogens (tertiary/aromatic N) is 1. The van der Waals surface area contributed by atoms with Gasteiger partial charge >= 0.3 is 5.97 Å². The highest BCUT2D eigenvalue weighted by atomic mass is 32.2. The lowest BCUT2D eigenvalue weighted by molar-refractivity contribution is -0.116. The van der Waals surface area contributed by atoms with Crippen molar-refractivity contribution in [3.63, 3.8) is 0 Å². The van der Waals surface area contributed by atoms with Crippen molar-refractivity contribution in [3.8, 4) is 0 Å². The molecule has 1 saturated heterocycles. The molecule has 1 N–H and O–H groups in total. The molecule has 0 atom stereocenters. The normalized spacial score (nSPS) is 21.4. The first kappa shape index (κ1) is 13.5. The van der Waals surface area contributed by atoms with Crippen LogP contribution in [0.4, 0.5) is 5.69 Å². The molecule has 1 aromatic rings. The summed E-state index contributed by atoms with van der Waals surface area (Å²) in [5, 5.41) is 8.95. The number of hydrogen-bond donors (Lipinski definition) is 1. The first-order valence-corrected chi connectivity index (χ1v) is 7.91. The molecule has 1 amide bonds. The van der Waals surface area contributed by atoms with E-state index in [1.165, 1.54) is 6.42 Å². The van der Waals surface area contributed by atoms with E-state index in [2.05, 4.69) is 0 Å². The van der Waals surface area contributed by atoms with Crippen LogP contribution < -0.4 is 4.90 Å². The maximum atomic E-state index is 12.3. The summed E-state index contributed by atoms with van der Waals surface area (Å²) in [5.74, 6) is -0.272. The van der Waals surface area contributed by atoms with Gasteiger partial charge in [-0.05, 0) is 37.1 Å². The van der Waals surface area contributed by atoms with Crippen LogP contribution in [0.25, 0.3) is 0 Å². The molecule has 4 nitrogen and oxygen atoms in total. The minimum absolute atomic E-state index is 0.0971. The lowest BCUT2D eigenvalue weighted by Gasteiger charge is -2.40. The van der Waals surface area contributed by atoms with Gasteiger partial charge in [-0.1, -0.05) is 19.3 Å². The Kier molecular flexibility index (Phi) is 3.46. The van der Waals surface area contributed by atoms with Crippen molar-refractivity contribution in [2.45, 2.75) is 37.0 Å². The zero-order chi connectivity index (χ0) is 14.2. The largest absolute Gasteiger partial charge is 0.478 e. The Morgan fingerprint density at radius 2 is 1.80 bits per heavy atom. The van der Waals surface area contributed by atoms with E-state index in [-0.39, 0.29) is 16.3 Å². The van der Waals surface area contributed by atoms with Gasteiger partial charge in [-0.2, -0.15) is 0 Å². The summed E-state index contributed by atoms with van der Waals surface area (Å²) < 4.78 is 0. The fourth-order valence-electron chi connectivity index (χ4n) is 3.16. The first-order chi connectivity index (χ1) is 9.62. The van der Waals surface area contributed by atoms with Crippen LogP contribution in [-0.2, 0) is 4.79 Å². The Balaban J connectivity index is 1.93. The van der Waals surface area contributed by atoms with Gasteiger partial charge in [0.25, 0.3) is 0 Å². The second-order valence-corrected chi connectivity index (χ2v) is 6.71. The number of anilines is 1. The van der Waals surface area contributed by atoms with Gasteiger partial charge in [0.1, 0.15) is 0 Å². The van der Waals surface area contributed by atoms with Crippen molar-refractivity contribution in [1.29, 1.82) is 0 Å². The quantitative estimate of drug-likeness (QED) is 0.909. The van der Waals surface area contributed by atoms with Gasteiger partial charge in [-0.25, -0.2) is 4.79 Å². The maximum Gasteiger partial charge on any atom is 0.335 e. The maximum absolute atomic E-state index is 12.3. The molecule has 2 fully saturated rings. The highest BCUT2D eigenvalue weighted by Crippen LogP contribution is 2.48. The van der Waals surface area contributed by atoms with Crippen molar-refractivity contribution in [3.05, 3.63) is 29.8 Å². The number of carbonyl (C=O) groups excluding carboxylic acids is 1. The van der Waals surface area contributed by atoms with Crippen LogP contribution in [0, 0.1) is 0 Å². The number of benzene rings is 1. The molecular formula is C15H17NO3S. The van der Waals surface area contributed by atoms with Crippen molar-refractivity contribution in [2.75, 3.05) is 10.7 Å². The zero-order valence-electron chi connectivity index (χ0n) is 11.2. The third kappa shape index (κ3) is 2.20. The lowest BCUT2D eigenvalue weighted by Crippen LogP contribution is -2.45. The van der Waals surface area contributed by atoms with E-state index >= 15 is 0 Å². The SMILES string of the molecule is O=C(O)c1ccc(N2C(=O)CSC23CCCCC3)cc1. The number of hydrogen-bond acceptors (Lipinski definition) is 3. The molecule has 0 radical (unpaired) electrons. The van der Waals surface area contributed by atoms with E-state index in [0.29, 0.717) is 5.75 Å². The van der Waals surface area contributed by atoms with E-state index in [1.54, 1.807) is 36.0 Å². The Morgan fingerprint density at radius 1 is 1.15 bits per heavy atom. The van der Waals surface area contributed by atoms with Gasteiger partial charge in [0.15, 0.2) is 0 Å². The molecule has 1 heterocycles. The predicted octanol–water partition coefficient (Wildman–Crippen LogP) is 3.13. The average Bonchev–Trinajstić information content (AvgIpc) is 2.76. The second kappa shape index (κ2) is 5.13. The summed E-state index contributed by atoms with van der Waals surface area (Å²) in [7, 11) is 0. The van der Waals surface area contributed by atoms with Crippen LogP contribution in [0.5, 0.6) is 0 Å². The van der Waals surface area contributed by atoms with Gasteiger partial charge in [-0.3, -0.25) is 9.69 Å². The molecule has 1 spiro atoms. The number of thioether (sulfide) groups is 1. The summed E-state index contributed by atoms with van der Waals surface area (Å²) in [6.45, 7) is 0. The van der Waals surface area contributed by atoms with Crippen molar-refractivity contribution in [1.82, 2.24) is 0 Å². The van der Waals surface area contributed by atoms with Gasteiger partial charge < -0.3 is 5.11 Å². The molecule has 106 valence electrons. The number of amides is 1. The Hall–Kier alpha value is -1.49. The number of aromatic carboxylic acids is 1. The fraction of sp³-hybridized carbons (Fsp3) is 0.467. The summed E-state index contributed by atoms with van der Waals surface area (Å²) >= 11 is 1.75. The monoisotopic (exact) mass is 291 g/mol. The minimum atomic E-state index is -0.939. The summed E-state index contributed by atoms with van der Waals surface area (Å²) in [6, 6.07) is 6.65. The predicted molar refractivity (Wildman–Crippen MR) is 79.2 cm³/mol. The van der Waals surface area contributed by atoms with Crippen molar-refractivity contribution in [2.24, 2.45) is 0 Å². The van der Waals surface area contributed by atoms with Crippen molar-refractivity contribution >= 4 is 29.3 Å². The van der Waals surface area contributed by atoms with Gasteiger partial charge in [0, 0.05) is 5.69 Å². The molecule has 1 aliphatic carbocycles. The molecular weight excluding hydrogens is 274 g/mol. The van der Waals surface area contributed by atoms with E-state index in [1.807, 2.05) is 4.90 Å². The minimum Gasteiger partial charge on any atom is -0.478 e. The Morgan fingerprint density at radius 3 is 2.40 bits per heavy atom. The highest BCUT2D eigenvalue weighted by molar-refractivity contribution is 8.02. The van der Waals surface area contributed by atoms with E-state index < -0.39 is 5.97 Å². The smallest absolute Gasteiger partial charge is 0.335 e. The van der Waals surface area contributed by atoms with E-state index in [9.17, 15) is 9.59 Å². The number of carboxylic acid groups (broad SMARTS) is 1. The molecule has 3 rings (SSSR count). The summed E-state index contributed by atoms with van der Waals surface area (Å²) in [4.78, 5) is 25.0. The summed E-state index contributed by atoms with van der Waals surface area (Å²) in [5.41, 5.74) is 1.08.